The fourth-order valence-electron chi connectivity index (χ4n) is 1.60. The smallest absolute Gasteiger partial charge is 0.339 e. The van der Waals surface area contributed by atoms with E-state index in [0.29, 0.717) is 5.56 Å². The van der Waals surface area contributed by atoms with Crippen molar-refractivity contribution in [2.45, 2.75) is 17.7 Å². The monoisotopic (exact) mass is 254 g/mol. The lowest BCUT2D eigenvalue weighted by Gasteiger charge is -2.08. The molecule has 3 nitrogen and oxygen atoms in total. The van der Waals surface area contributed by atoms with Crippen molar-refractivity contribution in [2.24, 2.45) is 0 Å². The molecule has 0 saturated carbocycles. The predicted molar refractivity (Wildman–Crippen MR) is 69.8 cm³/mol. The Hall–Kier alpha value is -1.00. The van der Waals surface area contributed by atoms with Crippen LogP contribution in [-0.4, -0.2) is 33.1 Å². The van der Waals surface area contributed by atoms with Gasteiger partial charge in [0.1, 0.15) is 0 Å². The Bertz CT molecular complexity index is 377. The predicted octanol–water partition coefficient (Wildman–Crippen LogP) is 2.77. The number of carbonyl (C=O) groups is 1. The molecule has 0 fully saturated rings. The van der Waals surface area contributed by atoms with Gasteiger partial charge < -0.3 is 9.47 Å². The van der Waals surface area contributed by atoms with Crippen molar-refractivity contribution in [3.63, 3.8) is 0 Å². The van der Waals surface area contributed by atoms with Crippen LogP contribution < -0.4 is 0 Å². The zero-order chi connectivity index (χ0) is 12.7. The van der Waals surface area contributed by atoms with Gasteiger partial charge in [0, 0.05) is 18.6 Å². The van der Waals surface area contributed by atoms with Crippen LogP contribution in [0.2, 0.25) is 0 Å². The molecule has 0 spiro atoms. The Morgan fingerprint density at radius 2 is 2.12 bits per heavy atom. The second-order valence-electron chi connectivity index (χ2n) is 3.62. The minimum absolute atomic E-state index is 0.275. The molecule has 17 heavy (non-hydrogen) atoms. The molecule has 0 atom stereocenters. The van der Waals surface area contributed by atoms with E-state index in [9.17, 15) is 4.79 Å². The molecule has 0 aromatic heterocycles. The molecule has 0 aliphatic heterocycles. The lowest BCUT2D eigenvalue weighted by Crippen LogP contribution is -2.04. The molecule has 0 saturated heterocycles. The van der Waals surface area contributed by atoms with Crippen LogP contribution in [0, 0.1) is 0 Å². The van der Waals surface area contributed by atoms with Crippen molar-refractivity contribution in [2.75, 3.05) is 27.1 Å². The van der Waals surface area contributed by atoms with Crippen molar-refractivity contribution < 1.29 is 14.3 Å². The number of hydrogen-bond acceptors (Lipinski definition) is 4. The van der Waals surface area contributed by atoms with E-state index >= 15 is 0 Å². The van der Waals surface area contributed by atoms with Crippen LogP contribution in [0.1, 0.15) is 22.3 Å². The van der Waals surface area contributed by atoms with E-state index in [-0.39, 0.29) is 5.97 Å². The van der Waals surface area contributed by atoms with Crippen molar-refractivity contribution in [3.05, 3.63) is 29.3 Å². The minimum atomic E-state index is -0.275. The van der Waals surface area contributed by atoms with Gasteiger partial charge in [-0.25, -0.2) is 4.79 Å². The van der Waals surface area contributed by atoms with E-state index in [2.05, 4.69) is 0 Å². The van der Waals surface area contributed by atoms with E-state index in [4.69, 9.17) is 9.47 Å². The highest BCUT2D eigenvalue weighted by atomic mass is 32.2. The Morgan fingerprint density at radius 1 is 1.35 bits per heavy atom. The largest absolute Gasteiger partial charge is 0.465 e. The summed E-state index contributed by atoms with van der Waals surface area (Å²) in [6.45, 7) is 0.734. The van der Waals surface area contributed by atoms with Gasteiger partial charge in [-0.05, 0) is 36.8 Å². The highest BCUT2D eigenvalue weighted by Gasteiger charge is 2.11. The van der Waals surface area contributed by atoms with E-state index in [1.807, 2.05) is 24.5 Å². The molecule has 0 radical (unpaired) electrons. The van der Waals surface area contributed by atoms with Crippen molar-refractivity contribution >= 4 is 17.7 Å². The van der Waals surface area contributed by atoms with Gasteiger partial charge in [0.05, 0.1) is 12.7 Å². The number of aryl methyl sites for hydroxylation is 1. The topological polar surface area (TPSA) is 35.5 Å². The summed E-state index contributed by atoms with van der Waals surface area (Å²) in [7, 11) is 3.10. The molecule has 1 rings (SSSR count). The second-order valence-corrected chi connectivity index (χ2v) is 4.47. The molecular weight excluding hydrogens is 236 g/mol. The van der Waals surface area contributed by atoms with Gasteiger partial charge in [-0.3, -0.25) is 0 Å². The average Bonchev–Trinajstić information content (AvgIpc) is 2.38. The zero-order valence-corrected chi connectivity index (χ0v) is 11.3. The number of thioether (sulfide) groups is 1. The number of esters is 1. The van der Waals surface area contributed by atoms with Crippen LogP contribution in [0.15, 0.2) is 23.1 Å². The molecule has 0 unspecified atom stereocenters. The maximum absolute atomic E-state index is 11.6. The maximum Gasteiger partial charge on any atom is 0.339 e. The van der Waals surface area contributed by atoms with Crippen molar-refractivity contribution in [1.82, 2.24) is 0 Å². The Kier molecular flexibility index (Phi) is 6.08. The average molecular weight is 254 g/mol. The number of benzene rings is 1. The molecule has 0 aliphatic carbocycles. The molecule has 0 bridgehead atoms. The van der Waals surface area contributed by atoms with Gasteiger partial charge in [0.2, 0.25) is 0 Å². The summed E-state index contributed by atoms with van der Waals surface area (Å²) < 4.78 is 9.79. The van der Waals surface area contributed by atoms with Gasteiger partial charge in [-0.2, -0.15) is 0 Å². The van der Waals surface area contributed by atoms with Gasteiger partial charge in [-0.1, -0.05) is 6.07 Å². The summed E-state index contributed by atoms with van der Waals surface area (Å²) in [4.78, 5) is 12.6. The van der Waals surface area contributed by atoms with Crippen molar-refractivity contribution in [3.8, 4) is 0 Å². The van der Waals surface area contributed by atoms with Gasteiger partial charge in [0.25, 0.3) is 0 Å². The van der Waals surface area contributed by atoms with E-state index in [1.165, 1.54) is 7.11 Å². The maximum atomic E-state index is 11.6. The molecule has 4 heteroatoms. The van der Waals surface area contributed by atoms with E-state index in [0.717, 1.165) is 29.9 Å². The van der Waals surface area contributed by atoms with Crippen LogP contribution in [-0.2, 0) is 15.9 Å². The third kappa shape index (κ3) is 4.06. The molecule has 1 aromatic rings. The summed E-state index contributed by atoms with van der Waals surface area (Å²) in [5, 5.41) is 0. The first-order chi connectivity index (χ1) is 8.22. The van der Waals surface area contributed by atoms with Crippen LogP contribution >= 0.6 is 11.8 Å². The molecule has 0 heterocycles. The summed E-state index contributed by atoms with van der Waals surface area (Å²) in [5.41, 5.74) is 1.79. The van der Waals surface area contributed by atoms with Crippen LogP contribution in [0.5, 0.6) is 0 Å². The fourth-order valence-corrected chi connectivity index (χ4v) is 2.17. The second kappa shape index (κ2) is 7.35. The first kappa shape index (κ1) is 14.1. The summed E-state index contributed by atoms with van der Waals surface area (Å²) in [5.74, 6) is -0.275. The Labute approximate surface area is 106 Å². The molecular formula is C13H18O3S. The molecule has 0 N–H and O–H groups in total. The lowest BCUT2D eigenvalue weighted by molar-refractivity contribution is 0.0596. The third-order valence-corrected chi connectivity index (χ3v) is 3.28. The first-order valence-electron chi connectivity index (χ1n) is 5.47. The Morgan fingerprint density at radius 3 is 2.71 bits per heavy atom. The highest BCUT2D eigenvalue weighted by molar-refractivity contribution is 7.98. The van der Waals surface area contributed by atoms with Gasteiger partial charge >= 0.3 is 5.97 Å². The molecule has 1 aromatic carbocycles. The summed E-state index contributed by atoms with van der Waals surface area (Å²) in [6.07, 6.45) is 3.81. The fraction of sp³-hybridized carbons (Fsp3) is 0.462. The minimum Gasteiger partial charge on any atom is -0.465 e. The lowest BCUT2D eigenvalue weighted by atomic mass is 10.1. The third-order valence-electron chi connectivity index (χ3n) is 2.48. The molecule has 0 aliphatic rings. The summed E-state index contributed by atoms with van der Waals surface area (Å²) >= 11 is 1.55. The SMILES string of the molecule is COCCCc1ccc(SC)c(C(=O)OC)c1. The number of carbonyl (C=O) groups excluding carboxylic acids is 1. The van der Waals surface area contributed by atoms with Gasteiger partial charge in [0.15, 0.2) is 0 Å². The van der Waals surface area contributed by atoms with E-state index < -0.39 is 0 Å². The molecule has 0 amide bonds. The number of ether oxygens (including phenoxy) is 2. The Balaban J connectivity index is 2.85. The standard InChI is InChI=1S/C13H18O3S/c1-15-8-4-5-10-6-7-12(17-3)11(9-10)13(14)16-2/h6-7,9H,4-5,8H2,1-3H3. The molecule has 94 valence electrons. The van der Waals surface area contributed by atoms with E-state index in [1.54, 1.807) is 18.9 Å². The van der Waals surface area contributed by atoms with Crippen molar-refractivity contribution in [1.29, 1.82) is 0 Å². The number of rotatable bonds is 6. The van der Waals surface area contributed by atoms with Gasteiger partial charge in [-0.15, -0.1) is 11.8 Å². The zero-order valence-electron chi connectivity index (χ0n) is 10.5. The number of hydrogen-bond donors (Lipinski definition) is 0. The van der Waals surface area contributed by atoms with Crippen LogP contribution in [0.25, 0.3) is 0 Å². The first-order valence-corrected chi connectivity index (χ1v) is 6.69. The normalized spacial score (nSPS) is 10.3. The van der Waals surface area contributed by atoms with Crippen LogP contribution in [0.4, 0.5) is 0 Å². The highest BCUT2D eigenvalue weighted by Crippen LogP contribution is 2.23. The number of methoxy groups -OCH3 is 2. The summed E-state index contributed by atoms with van der Waals surface area (Å²) in [6, 6.07) is 5.93. The quantitative estimate of drug-likeness (QED) is 0.444. The van der Waals surface area contributed by atoms with Crippen LogP contribution in [0.3, 0.4) is 0 Å².